The maximum atomic E-state index is 12.2. The lowest BCUT2D eigenvalue weighted by atomic mass is 9.86. The summed E-state index contributed by atoms with van der Waals surface area (Å²) in [5.41, 5.74) is 0.0935. The first-order chi connectivity index (χ1) is 13.3. The van der Waals surface area contributed by atoms with Crippen LogP contribution in [0.5, 0.6) is 11.5 Å². The first-order valence-corrected chi connectivity index (χ1v) is 9.42. The van der Waals surface area contributed by atoms with Crippen molar-refractivity contribution in [2.75, 3.05) is 20.8 Å². The summed E-state index contributed by atoms with van der Waals surface area (Å²) in [6.07, 6.45) is 4.13. The molecule has 0 unspecified atom stereocenters. The first kappa shape index (κ1) is 21.8. The van der Waals surface area contributed by atoms with Crippen molar-refractivity contribution in [3.63, 3.8) is 0 Å². The number of imide groups is 1. The average molecular weight is 413 g/mol. The number of hydrogen-bond donors (Lipinski definition) is 2. The monoisotopic (exact) mass is 412 g/mol. The molecule has 9 heteroatoms. The third kappa shape index (κ3) is 5.76. The quantitative estimate of drug-likeness (QED) is 0.696. The number of carbonyl (C=O) groups excluding carboxylic acids is 3. The summed E-state index contributed by atoms with van der Waals surface area (Å²) in [5, 5.41) is 5.13. The smallest absolute Gasteiger partial charge is 0.338 e. The number of methoxy groups -OCH3 is 2. The number of urea groups is 1. The predicted molar refractivity (Wildman–Crippen MR) is 103 cm³/mol. The van der Waals surface area contributed by atoms with Crippen molar-refractivity contribution >= 4 is 29.5 Å². The second kappa shape index (κ2) is 10.2. The molecule has 0 bridgehead atoms. The Kier molecular flexibility index (Phi) is 7.92. The highest BCUT2D eigenvalue weighted by molar-refractivity contribution is 6.32. The second-order valence-electron chi connectivity index (χ2n) is 6.66. The van der Waals surface area contributed by atoms with Crippen molar-refractivity contribution in [3.8, 4) is 11.5 Å². The molecule has 2 atom stereocenters. The van der Waals surface area contributed by atoms with Gasteiger partial charge in [0, 0.05) is 6.04 Å². The second-order valence-corrected chi connectivity index (χ2v) is 7.07. The number of rotatable bonds is 6. The van der Waals surface area contributed by atoms with Gasteiger partial charge in [0.25, 0.3) is 5.91 Å². The Balaban J connectivity index is 1.86. The molecule has 0 radical (unpaired) electrons. The SMILES string of the molecule is COc1cc(C(=O)OCC(=O)NC(=O)N[C@H]2CCCC[C@H]2C)cc(Cl)c1OC. The fourth-order valence-corrected chi connectivity index (χ4v) is 3.44. The molecular formula is C19H25ClN2O6. The molecule has 154 valence electrons. The molecule has 1 fully saturated rings. The molecule has 2 rings (SSSR count). The van der Waals surface area contributed by atoms with Crippen LogP contribution in [0.3, 0.4) is 0 Å². The molecule has 1 saturated carbocycles. The maximum absolute atomic E-state index is 12.2. The van der Waals surface area contributed by atoms with Crippen molar-refractivity contribution in [1.29, 1.82) is 0 Å². The Morgan fingerprint density at radius 2 is 1.86 bits per heavy atom. The van der Waals surface area contributed by atoms with E-state index >= 15 is 0 Å². The molecule has 2 N–H and O–H groups in total. The molecule has 1 aromatic rings. The molecule has 1 aromatic carbocycles. The summed E-state index contributed by atoms with van der Waals surface area (Å²) in [4.78, 5) is 36.0. The van der Waals surface area contributed by atoms with Crippen LogP contribution in [-0.2, 0) is 9.53 Å². The summed E-state index contributed by atoms with van der Waals surface area (Å²) in [6, 6.07) is 2.19. The topological polar surface area (TPSA) is 103 Å². The molecule has 1 aliphatic carbocycles. The lowest BCUT2D eigenvalue weighted by Gasteiger charge is -2.29. The number of amides is 3. The van der Waals surface area contributed by atoms with Gasteiger partial charge >= 0.3 is 12.0 Å². The molecule has 1 aliphatic rings. The van der Waals surface area contributed by atoms with Gasteiger partial charge in [0.05, 0.1) is 24.8 Å². The number of nitrogens with one attached hydrogen (secondary N) is 2. The number of esters is 1. The van der Waals surface area contributed by atoms with Gasteiger partial charge in [0.15, 0.2) is 18.1 Å². The van der Waals surface area contributed by atoms with Crippen LogP contribution in [-0.4, -0.2) is 44.8 Å². The fourth-order valence-electron chi connectivity index (χ4n) is 3.15. The maximum Gasteiger partial charge on any atom is 0.338 e. The van der Waals surface area contributed by atoms with Crippen molar-refractivity contribution in [2.24, 2.45) is 5.92 Å². The van der Waals surface area contributed by atoms with Crippen molar-refractivity contribution < 1.29 is 28.6 Å². The summed E-state index contributed by atoms with van der Waals surface area (Å²) < 4.78 is 15.2. The van der Waals surface area contributed by atoms with Gasteiger partial charge in [-0.1, -0.05) is 31.4 Å². The van der Waals surface area contributed by atoms with Crippen LogP contribution >= 0.6 is 11.6 Å². The fraction of sp³-hybridized carbons (Fsp3) is 0.526. The van der Waals surface area contributed by atoms with Gasteiger partial charge in [-0.05, 0) is 30.9 Å². The van der Waals surface area contributed by atoms with E-state index in [1.54, 1.807) is 0 Å². The molecule has 28 heavy (non-hydrogen) atoms. The summed E-state index contributed by atoms with van der Waals surface area (Å²) >= 11 is 6.05. The van der Waals surface area contributed by atoms with Crippen LogP contribution in [0.15, 0.2) is 12.1 Å². The highest BCUT2D eigenvalue weighted by Gasteiger charge is 2.23. The van der Waals surface area contributed by atoms with E-state index in [1.807, 2.05) is 0 Å². The van der Waals surface area contributed by atoms with Gasteiger partial charge in [-0.3, -0.25) is 10.1 Å². The van der Waals surface area contributed by atoms with Crippen LogP contribution in [0.1, 0.15) is 43.0 Å². The van der Waals surface area contributed by atoms with E-state index in [9.17, 15) is 14.4 Å². The average Bonchev–Trinajstić information content (AvgIpc) is 2.67. The largest absolute Gasteiger partial charge is 0.493 e. The van der Waals surface area contributed by atoms with Crippen LogP contribution < -0.4 is 20.1 Å². The minimum atomic E-state index is -0.778. The zero-order valence-corrected chi connectivity index (χ0v) is 16.9. The van der Waals surface area contributed by atoms with Gasteiger partial charge < -0.3 is 19.5 Å². The Bertz CT molecular complexity index is 739. The van der Waals surface area contributed by atoms with Crippen LogP contribution in [0.4, 0.5) is 4.79 Å². The normalized spacial score (nSPS) is 18.7. The number of carbonyl (C=O) groups is 3. The zero-order chi connectivity index (χ0) is 20.7. The van der Waals surface area contributed by atoms with Crippen molar-refractivity contribution in [2.45, 2.75) is 38.6 Å². The molecule has 8 nitrogen and oxygen atoms in total. The highest BCUT2D eigenvalue weighted by Crippen LogP contribution is 2.36. The molecule has 0 heterocycles. The summed E-state index contributed by atoms with van der Waals surface area (Å²) in [7, 11) is 2.83. The molecular weight excluding hydrogens is 388 g/mol. The van der Waals surface area contributed by atoms with Gasteiger partial charge in [-0.15, -0.1) is 0 Å². The van der Waals surface area contributed by atoms with Gasteiger partial charge in [-0.25, -0.2) is 9.59 Å². The van der Waals surface area contributed by atoms with E-state index in [4.69, 9.17) is 25.8 Å². The molecule has 0 spiro atoms. The molecule has 3 amide bonds. The van der Waals surface area contributed by atoms with Crippen LogP contribution in [0.25, 0.3) is 0 Å². The van der Waals surface area contributed by atoms with E-state index in [0.717, 1.165) is 25.7 Å². The summed E-state index contributed by atoms with van der Waals surface area (Å²) in [6.45, 7) is 1.47. The van der Waals surface area contributed by atoms with Gasteiger partial charge in [0.2, 0.25) is 0 Å². The third-order valence-electron chi connectivity index (χ3n) is 4.68. The lowest BCUT2D eigenvalue weighted by Crippen LogP contribution is -2.48. The van der Waals surface area contributed by atoms with Crippen LogP contribution in [0.2, 0.25) is 5.02 Å². The minimum Gasteiger partial charge on any atom is -0.493 e. The van der Waals surface area contributed by atoms with Gasteiger partial charge in [-0.2, -0.15) is 0 Å². The Hall–Kier alpha value is -2.48. The Morgan fingerprint density at radius 1 is 1.14 bits per heavy atom. The van der Waals surface area contributed by atoms with E-state index in [2.05, 4.69) is 17.6 Å². The third-order valence-corrected chi connectivity index (χ3v) is 4.97. The van der Waals surface area contributed by atoms with Gasteiger partial charge in [0.1, 0.15) is 0 Å². The first-order valence-electron chi connectivity index (χ1n) is 9.04. The minimum absolute atomic E-state index is 0.0398. The molecule has 0 saturated heterocycles. The number of ether oxygens (including phenoxy) is 3. The van der Waals surface area contributed by atoms with Crippen molar-refractivity contribution in [1.82, 2.24) is 10.6 Å². The van der Waals surface area contributed by atoms with Crippen LogP contribution in [0, 0.1) is 5.92 Å². The number of halogens is 1. The number of hydrogen-bond acceptors (Lipinski definition) is 6. The lowest BCUT2D eigenvalue weighted by molar-refractivity contribution is -0.123. The summed E-state index contributed by atoms with van der Waals surface area (Å²) in [5.74, 6) is -0.595. The molecule has 0 aliphatic heterocycles. The van der Waals surface area contributed by atoms with E-state index < -0.39 is 24.5 Å². The Labute approximate surface area is 168 Å². The number of benzene rings is 1. The van der Waals surface area contributed by atoms with E-state index in [-0.39, 0.29) is 28.1 Å². The highest BCUT2D eigenvalue weighted by atomic mass is 35.5. The Morgan fingerprint density at radius 3 is 2.50 bits per heavy atom. The zero-order valence-electron chi connectivity index (χ0n) is 16.2. The predicted octanol–water partition coefficient (Wildman–Crippen LogP) is 2.92. The molecule has 0 aromatic heterocycles. The van der Waals surface area contributed by atoms with E-state index in [0.29, 0.717) is 5.92 Å². The standard InChI is InChI=1S/C19H25ClN2O6/c1-11-6-4-5-7-14(11)21-19(25)22-16(23)10-28-18(24)12-8-13(20)17(27-3)15(9-12)26-2/h8-9,11,14H,4-7,10H2,1-3H3,(H2,21,22,23,25)/t11-,14+/m1/s1. The van der Waals surface area contributed by atoms with Crippen molar-refractivity contribution in [3.05, 3.63) is 22.7 Å². The van der Waals surface area contributed by atoms with E-state index in [1.165, 1.54) is 26.4 Å².